The lowest BCUT2D eigenvalue weighted by atomic mass is 10.1. The zero-order valence-corrected chi connectivity index (χ0v) is 10.7. The van der Waals surface area contributed by atoms with E-state index in [0.29, 0.717) is 29.9 Å². The van der Waals surface area contributed by atoms with Crippen molar-refractivity contribution in [2.24, 2.45) is 5.73 Å². The maximum absolute atomic E-state index is 14.0. The molecule has 0 spiro atoms. The second kappa shape index (κ2) is 4.90. The van der Waals surface area contributed by atoms with Crippen LogP contribution in [0.25, 0.3) is 0 Å². The fraction of sp³-hybridized carbons (Fsp3) is 0.500. The molecule has 0 saturated carbocycles. The van der Waals surface area contributed by atoms with Gasteiger partial charge in [-0.25, -0.2) is 4.39 Å². The molecule has 19 heavy (non-hydrogen) atoms. The van der Waals surface area contributed by atoms with Crippen LogP contribution >= 0.6 is 0 Å². The Balaban J connectivity index is 1.71. The van der Waals surface area contributed by atoms with Gasteiger partial charge in [0.05, 0.1) is 12.2 Å². The summed E-state index contributed by atoms with van der Waals surface area (Å²) in [5, 5.41) is 7.30. The van der Waals surface area contributed by atoms with Gasteiger partial charge < -0.3 is 10.5 Å². The van der Waals surface area contributed by atoms with E-state index >= 15 is 0 Å². The van der Waals surface area contributed by atoms with Crippen molar-refractivity contribution >= 4 is 5.84 Å². The molecule has 4 nitrogen and oxygen atoms in total. The van der Waals surface area contributed by atoms with E-state index in [1.165, 1.54) is 6.07 Å². The van der Waals surface area contributed by atoms with Gasteiger partial charge in [0.15, 0.2) is 0 Å². The van der Waals surface area contributed by atoms with Crippen molar-refractivity contribution in [3.63, 3.8) is 0 Å². The fourth-order valence-corrected chi connectivity index (χ4v) is 2.91. The molecule has 2 aliphatic heterocycles. The zero-order valence-electron chi connectivity index (χ0n) is 10.7. The summed E-state index contributed by atoms with van der Waals surface area (Å²) in [7, 11) is 0. The number of hydrogen-bond acceptors (Lipinski definition) is 3. The van der Waals surface area contributed by atoms with Crippen molar-refractivity contribution < 1.29 is 9.13 Å². The van der Waals surface area contributed by atoms with Gasteiger partial charge in [-0.3, -0.25) is 10.3 Å². The van der Waals surface area contributed by atoms with E-state index in [0.717, 1.165) is 25.9 Å². The maximum atomic E-state index is 14.0. The number of ether oxygens (including phenoxy) is 1. The Morgan fingerprint density at radius 2 is 2.05 bits per heavy atom. The van der Waals surface area contributed by atoms with Crippen molar-refractivity contribution in [1.82, 2.24) is 4.90 Å². The van der Waals surface area contributed by atoms with Crippen LogP contribution in [0, 0.1) is 11.2 Å². The number of nitrogens with one attached hydrogen (secondary N) is 1. The summed E-state index contributed by atoms with van der Waals surface area (Å²) in [5.41, 5.74) is 6.44. The van der Waals surface area contributed by atoms with Gasteiger partial charge in [0.2, 0.25) is 0 Å². The number of nitrogens with zero attached hydrogens (tertiary/aromatic N) is 1. The summed E-state index contributed by atoms with van der Waals surface area (Å²) in [6.45, 7) is 2.36. The van der Waals surface area contributed by atoms with E-state index in [4.69, 9.17) is 15.9 Å². The van der Waals surface area contributed by atoms with Crippen molar-refractivity contribution in [3.8, 4) is 0 Å². The molecule has 5 heteroatoms. The minimum absolute atomic E-state index is 0.102. The van der Waals surface area contributed by atoms with Gasteiger partial charge in [-0.05, 0) is 18.9 Å². The largest absolute Gasteiger partial charge is 0.384 e. The van der Waals surface area contributed by atoms with Crippen LogP contribution in [-0.2, 0) is 11.3 Å². The first kappa shape index (κ1) is 12.6. The van der Waals surface area contributed by atoms with E-state index in [2.05, 4.69) is 4.90 Å². The summed E-state index contributed by atoms with van der Waals surface area (Å²) in [6.07, 6.45) is 2.87. The Hall–Kier alpha value is -1.46. The molecule has 2 atom stereocenters. The van der Waals surface area contributed by atoms with Crippen LogP contribution < -0.4 is 5.73 Å². The molecular weight excluding hydrogens is 245 g/mol. The monoisotopic (exact) mass is 263 g/mol. The van der Waals surface area contributed by atoms with Crippen LogP contribution in [0.2, 0.25) is 0 Å². The van der Waals surface area contributed by atoms with Gasteiger partial charge in [-0.2, -0.15) is 0 Å². The Bertz CT molecular complexity index is 493. The molecule has 102 valence electrons. The van der Waals surface area contributed by atoms with Crippen LogP contribution in [0.1, 0.15) is 24.0 Å². The summed E-state index contributed by atoms with van der Waals surface area (Å²) >= 11 is 0. The lowest BCUT2D eigenvalue weighted by molar-refractivity contribution is -0.0413. The first-order valence-electron chi connectivity index (χ1n) is 6.62. The normalized spacial score (nSPS) is 26.6. The number of halogens is 1. The molecule has 3 N–H and O–H groups in total. The molecule has 2 saturated heterocycles. The Morgan fingerprint density at radius 1 is 1.37 bits per heavy atom. The molecule has 3 rings (SSSR count). The van der Waals surface area contributed by atoms with Crippen molar-refractivity contribution in [1.29, 1.82) is 5.41 Å². The van der Waals surface area contributed by atoms with Crippen molar-refractivity contribution in [2.75, 3.05) is 13.1 Å². The number of rotatable bonds is 3. The molecule has 1 aromatic rings. The van der Waals surface area contributed by atoms with Crippen LogP contribution in [0.5, 0.6) is 0 Å². The van der Waals surface area contributed by atoms with E-state index in [-0.39, 0.29) is 11.7 Å². The second-order valence-corrected chi connectivity index (χ2v) is 5.37. The summed E-state index contributed by atoms with van der Waals surface area (Å²) in [4.78, 5) is 2.25. The first-order valence-corrected chi connectivity index (χ1v) is 6.62. The van der Waals surface area contributed by atoms with Gasteiger partial charge >= 0.3 is 0 Å². The lowest BCUT2D eigenvalue weighted by Crippen LogP contribution is -2.42. The first-order chi connectivity index (χ1) is 9.11. The average Bonchev–Trinajstić information content (AvgIpc) is 2.71. The molecule has 0 amide bonds. The predicted octanol–water partition coefficient (Wildman–Crippen LogP) is 1.47. The van der Waals surface area contributed by atoms with Crippen LogP contribution in [0.3, 0.4) is 0 Å². The molecular formula is C14H18FN3O. The van der Waals surface area contributed by atoms with Gasteiger partial charge in [-0.15, -0.1) is 0 Å². The fourth-order valence-electron chi connectivity index (χ4n) is 2.91. The topological polar surface area (TPSA) is 62.3 Å². The molecule has 2 heterocycles. The molecule has 2 unspecified atom stereocenters. The minimum Gasteiger partial charge on any atom is -0.384 e. The average molecular weight is 263 g/mol. The molecule has 1 aromatic carbocycles. The highest BCUT2D eigenvalue weighted by Gasteiger charge is 2.33. The smallest absolute Gasteiger partial charge is 0.128 e. The predicted molar refractivity (Wildman–Crippen MR) is 70.6 cm³/mol. The summed E-state index contributed by atoms with van der Waals surface area (Å²) in [5.74, 6) is -0.388. The molecule has 0 aliphatic carbocycles. The third-order valence-electron chi connectivity index (χ3n) is 3.88. The Labute approximate surface area is 111 Å². The SMILES string of the molecule is N=C(N)c1ccc(CN2CC3CCC(C2)O3)c(F)c1. The highest BCUT2D eigenvalue weighted by atomic mass is 19.1. The maximum Gasteiger partial charge on any atom is 0.128 e. The summed E-state index contributed by atoms with van der Waals surface area (Å²) in [6, 6.07) is 4.77. The van der Waals surface area contributed by atoms with Gasteiger partial charge in [0, 0.05) is 30.8 Å². The lowest BCUT2D eigenvalue weighted by Gasteiger charge is -2.32. The Kier molecular flexibility index (Phi) is 3.24. The molecule has 2 bridgehead atoms. The molecule has 2 aliphatic rings. The number of fused-ring (bicyclic) bond motifs is 2. The quantitative estimate of drug-likeness (QED) is 0.641. The summed E-state index contributed by atoms with van der Waals surface area (Å²) < 4.78 is 19.7. The Morgan fingerprint density at radius 3 is 2.63 bits per heavy atom. The molecule has 0 aromatic heterocycles. The molecule has 0 radical (unpaired) electrons. The molecule has 2 fully saturated rings. The number of hydrogen-bond donors (Lipinski definition) is 2. The van der Waals surface area contributed by atoms with Gasteiger partial charge in [-0.1, -0.05) is 12.1 Å². The van der Waals surface area contributed by atoms with Gasteiger partial charge in [0.1, 0.15) is 11.7 Å². The minimum atomic E-state index is -0.286. The van der Waals surface area contributed by atoms with E-state index < -0.39 is 0 Å². The third-order valence-corrected chi connectivity index (χ3v) is 3.88. The van der Waals surface area contributed by atoms with Crippen molar-refractivity contribution in [3.05, 3.63) is 35.1 Å². The van der Waals surface area contributed by atoms with Crippen molar-refractivity contribution in [2.45, 2.75) is 31.6 Å². The van der Waals surface area contributed by atoms with E-state index in [1.54, 1.807) is 12.1 Å². The van der Waals surface area contributed by atoms with Crippen LogP contribution in [0.15, 0.2) is 18.2 Å². The van der Waals surface area contributed by atoms with Gasteiger partial charge in [0.25, 0.3) is 0 Å². The number of likely N-dealkylation sites (tertiary alicyclic amines) is 1. The number of morpholine rings is 1. The number of benzene rings is 1. The van der Waals surface area contributed by atoms with E-state index in [1.807, 2.05) is 0 Å². The third kappa shape index (κ3) is 2.62. The number of amidine groups is 1. The van der Waals surface area contributed by atoms with Crippen LogP contribution in [0.4, 0.5) is 4.39 Å². The number of nitrogen functional groups attached to an aromatic ring is 1. The standard InChI is InChI=1S/C14H18FN3O/c15-13-5-9(14(16)17)1-2-10(13)6-18-7-11-3-4-12(8-18)19-11/h1-2,5,11-12H,3-4,6-8H2,(H3,16,17). The highest BCUT2D eigenvalue weighted by Crippen LogP contribution is 2.27. The van der Waals surface area contributed by atoms with E-state index in [9.17, 15) is 4.39 Å². The number of nitrogens with two attached hydrogens (primary N) is 1. The van der Waals surface area contributed by atoms with Crippen LogP contribution in [-0.4, -0.2) is 36.0 Å². The second-order valence-electron chi connectivity index (χ2n) is 5.37. The zero-order chi connectivity index (χ0) is 13.4. The highest BCUT2D eigenvalue weighted by molar-refractivity contribution is 5.94.